The summed E-state index contributed by atoms with van der Waals surface area (Å²) < 4.78 is 0.999. The van der Waals surface area contributed by atoms with Crippen LogP contribution in [-0.2, 0) is 0 Å². The van der Waals surface area contributed by atoms with Crippen LogP contribution in [0.4, 0.5) is 0 Å². The molecule has 3 rings (SSSR count). The summed E-state index contributed by atoms with van der Waals surface area (Å²) in [5, 5.41) is 10.5. The van der Waals surface area contributed by atoms with Gasteiger partial charge in [-0.25, -0.2) is 5.10 Å². The maximum Gasteiger partial charge on any atom is 0.272 e. The monoisotopic (exact) mass is 334 g/mol. The molecule has 0 unspecified atom stereocenters. The average Bonchev–Trinajstić information content (AvgIpc) is 2.80. The minimum atomic E-state index is -0.132. The van der Waals surface area contributed by atoms with Crippen LogP contribution in [0.15, 0.2) is 32.8 Å². The fourth-order valence-corrected chi connectivity index (χ4v) is 3.81. The lowest BCUT2D eigenvalue weighted by Gasteiger charge is -2.08. The van der Waals surface area contributed by atoms with Gasteiger partial charge in [-0.05, 0) is 52.4 Å². The van der Waals surface area contributed by atoms with Gasteiger partial charge in [0.05, 0.1) is 10.3 Å². The first-order chi connectivity index (χ1) is 9.09. The average molecular weight is 335 g/mol. The normalized spacial score (nSPS) is 11.1. The minimum Gasteiger partial charge on any atom is -0.267 e. The number of aromatic amines is 1. The lowest BCUT2D eigenvalue weighted by molar-refractivity contribution is 1.02. The van der Waals surface area contributed by atoms with E-state index in [9.17, 15) is 4.79 Å². The van der Waals surface area contributed by atoms with E-state index in [4.69, 9.17) is 0 Å². The third-order valence-electron chi connectivity index (χ3n) is 3.19. The highest BCUT2D eigenvalue weighted by Crippen LogP contribution is 2.36. The van der Waals surface area contributed by atoms with Gasteiger partial charge in [0.15, 0.2) is 0 Å². The quantitative estimate of drug-likeness (QED) is 0.730. The summed E-state index contributed by atoms with van der Waals surface area (Å²) in [7, 11) is 0. The van der Waals surface area contributed by atoms with Crippen molar-refractivity contribution in [2.45, 2.75) is 13.8 Å². The predicted molar refractivity (Wildman–Crippen MR) is 82.9 cm³/mol. The summed E-state index contributed by atoms with van der Waals surface area (Å²) in [6, 6.07) is 5.99. The Bertz CT molecular complexity index is 835. The van der Waals surface area contributed by atoms with Gasteiger partial charge >= 0.3 is 0 Å². The van der Waals surface area contributed by atoms with Crippen LogP contribution in [0, 0.1) is 13.8 Å². The Morgan fingerprint density at radius 1 is 1.16 bits per heavy atom. The van der Waals surface area contributed by atoms with Crippen molar-refractivity contribution in [2.75, 3.05) is 0 Å². The van der Waals surface area contributed by atoms with Gasteiger partial charge in [0, 0.05) is 9.86 Å². The molecule has 2 heterocycles. The number of nitrogens with one attached hydrogen (secondary N) is 1. The molecule has 0 radical (unpaired) electrons. The molecule has 0 aliphatic heterocycles. The van der Waals surface area contributed by atoms with Gasteiger partial charge in [0.2, 0.25) is 0 Å². The van der Waals surface area contributed by atoms with Gasteiger partial charge in [-0.15, -0.1) is 11.3 Å². The molecule has 1 aromatic carbocycles. The van der Waals surface area contributed by atoms with Gasteiger partial charge in [-0.2, -0.15) is 5.10 Å². The zero-order chi connectivity index (χ0) is 13.6. The molecule has 5 heteroatoms. The maximum atomic E-state index is 12.0. The number of fused-ring (bicyclic) bond motifs is 1. The highest BCUT2D eigenvalue weighted by molar-refractivity contribution is 9.10. The van der Waals surface area contributed by atoms with Crippen molar-refractivity contribution in [3.05, 3.63) is 49.5 Å². The molecule has 2 aromatic heterocycles. The van der Waals surface area contributed by atoms with Gasteiger partial charge in [0.1, 0.15) is 5.69 Å². The molecule has 0 aliphatic rings. The van der Waals surface area contributed by atoms with Crippen LogP contribution in [0.5, 0.6) is 0 Å². The molecule has 3 aromatic rings. The van der Waals surface area contributed by atoms with E-state index in [-0.39, 0.29) is 5.56 Å². The lowest BCUT2D eigenvalue weighted by atomic mass is 10.0. The van der Waals surface area contributed by atoms with E-state index < -0.39 is 0 Å². The molecule has 0 spiro atoms. The first-order valence-corrected chi connectivity index (χ1v) is 7.49. The Labute approximate surface area is 122 Å². The second-order valence-corrected chi connectivity index (χ2v) is 6.22. The van der Waals surface area contributed by atoms with E-state index in [0.29, 0.717) is 0 Å². The summed E-state index contributed by atoms with van der Waals surface area (Å²) >= 11 is 5.14. The number of rotatable bonds is 1. The molecule has 1 N–H and O–H groups in total. The number of hydrogen-bond donors (Lipinski definition) is 1. The third kappa shape index (κ3) is 1.93. The molecule has 0 aliphatic carbocycles. The first kappa shape index (κ1) is 12.6. The molecule has 96 valence electrons. The standard InChI is InChI=1S/C14H11BrN2OS/c1-7-3-4-8(2)11-10(7)12(16-17-14(11)18)13-9(15)5-6-19-13/h3-6H,1-2H3,(H,17,18). The molecular weight excluding hydrogens is 324 g/mol. The topological polar surface area (TPSA) is 45.8 Å². The van der Waals surface area contributed by atoms with Gasteiger partial charge in [-0.3, -0.25) is 4.79 Å². The largest absolute Gasteiger partial charge is 0.272 e. The number of aryl methyl sites for hydroxylation is 2. The number of nitrogens with zero attached hydrogens (tertiary/aromatic N) is 1. The number of thiophene rings is 1. The van der Waals surface area contributed by atoms with Crippen LogP contribution in [0.1, 0.15) is 11.1 Å². The minimum absolute atomic E-state index is 0.132. The molecule has 3 nitrogen and oxygen atoms in total. The molecule has 0 fully saturated rings. The van der Waals surface area contributed by atoms with E-state index in [0.717, 1.165) is 36.9 Å². The Morgan fingerprint density at radius 3 is 2.47 bits per heavy atom. The highest BCUT2D eigenvalue weighted by Gasteiger charge is 2.15. The van der Waals surface area contributed by atoms with Crippen molar-refractivity contribution in [1.29, 1.82) is 0 Å². The molecule has 0 saturated carbocycles. The zero-order valence-electron chi connectivity index (χ0n) is 10.5. The van der Waals surface area contributed by atoms with Crippen LogP contribution in [0.3, 0.4) is 0 Å². The Balaban J connectivity index is 2.52. The fourth-order valence-electron chi connectivity index (χ4n) is 2.25. The molecule has 0 amide bonds. The van der Waals surface area contributed by atoms with E-state index in [1.807, 2.05) is 37.4 Å². The summed E-state index contributed by atoms with van der Waals surface area (Å²) in [6.45, 7) is 3.96. The lowest BCUT2D eigenvalue weighted by Crippen LogP contribution is -2.11. The summed E-state index contributed by atoms with van der Waals surface area (Å²) in [5.74, 6) is 0. The molecule has 0 atom stereocenters. The molecule has 0 bridgehead atoms. The second-order valence-electron chi connectivity index (χ2n) is 4.45. The van der Waals surface area contributed by atoms with Crippen LogP contribution in [0.2, 0.25) is 0 Å². The molecular formula is C14H11BrN2OS. The fraction of sp³-hybridized carbons (Fsp3) is 0.143. The SMILES string of the molecule is Cc1ccc(C)c2c(=O)[nH]nc(-c3sccc3Br)c12. The van der Waals surface area contributed by atoms with Crippen LogP contribution < -0.4 is 5.56 Å². The van der Waals surface area contributed by atoms with E-state index in [1.54, 1.807) is 11.3 Å². The zero-order valence-corrected chi connectivity index (χ0v) is 12.9. The van der Waals surface area contributed by atoms with Crippen molar-refractivity contribution in [3.8, 4) is 10.6 Å². The number of hydrogen-bond acceptors (Lipinski definition) is 3. The van der Waals surface area contributed by atoms with Crippen molar-refractivity contribution in [1.82, 2.24) is 10.2 Å². The number of benzene rings is 1. The number of aromatic nitrogens is 2. The summed E-state index contributed by atoms with van der Waals surface area (Å²) in [5.41, 5.74) is 2.73. The molecule has 19 heavy (non-hydrogen) atoms. The number of H-pyrrole nitrogens is 1. The van der Waals surface area contributed by atoms with Gasteiger partial charge in [0.25, 0.3) is 5.56 Å². The second kappa shape index (κ2) is 4.58. The highest BCUT2D eigenvalue weighted by atomic mass is 79.9. The Kier molecular flexibility index (Phi) is 3.03. The van der Waals surface area contributed by atoms with E-state index in [1.165, 1.54) is 0 Å². The van der Waals surface area contributed by atoms with E-state index in [2.05, 4.69) is 26.1 Å². The van der Waals surface area contributed by atoms with Gasteiger partial charge in [-0.1, -0.05) is 12.1 Å². The van der Waals surface area contributed by atoms with Crippen molar-refractivity contribution in [2.24, 2.45) is 0 Å². The maximum absolute atomic E-state index is 12.0. The Morgan fingerprint density at radius 2 is 1.84 bits per heavy atom. The van der Waals surface area contributed by atoms with Crippen LogP contribution in [-0.4, -0.2) is 10.2 Å². The first-order valence-electron chi connectivity index (χ1n) is 5.81. The molecule has 0 saturated heterocycles. The predicted octanol–water partition coefficient (Wildman–Crippen LogP) is 4.03. The third-order valence-corrected chi connectivity index (χ3v) is 5.03. The Hall–Kier alpha value is -1.46. The van der Waals surface area contributed by atoms with E-state index >= 15 is 0 Å². The van der Waals surface area contributed by atoms with Crippen molar-refractivity contribution in [3.63, 3.8) is 0 Å². The van der Waals surface area contributed by atoms with Gasteiger partial charge < -0.3 is 0 Å². The summed E-state index contributed by atoms with van der Waals surface area (Å²) in [4.78, 5) is 13.1. The van der Waals surface area contributed by atoms with Crippen LogP contribution in [0.25, 0.3) is 21.3 Å². The van der Waals surface area contributed by atoms with Crippen molar-refractivity contribution < 1.29 is 0 Å². The summed E-state index contributed by atoms with van der Waals surface area (Å²) in [6.07, 6.45) is 0. The van der Waals surface area contributed by atoms with Crippen LogP contribution >= 0.6 is 27.3 Å². The smallest absolute Gasteiger partial charge is 0.267 e. The number of halogens is 1. The van der Waals surface area contributed by atoms with Crippen molar-refractivity contribution >= 4 is 38.0 Å².